The minimum atomic E-state index is -1.15. The van der Waals surface area contributed by atoms with E-state index < -0.39 is 12.1 Å². The van der Waals surface area contributed by atoms with E-state index in [9.17, 15) is 15.0 Å². The molecule has 106 valence electrons. The second-order valence-electron chi connectivity index (χ2n) is 4.94. The van der Waals surface area contributed by atoms with Crippen LogP contribution in [0.5, 0.6) is 0 Å². The van der Waals surface area contributed by atoms with Crippen LogP contribution in [0.15, 0.2) is 24.3 Å². The van der Waals surface area contributed by atoms with Gasteiger partial charge in [0.15, 0.2) is 5.69 Å². The molecule has 0 bridgehead atoms. The average molecular weight is 275 g/mol. The molecule has 20 heavy (non-hydrogen) atoms. The van der Waals surface area contributed by atoms with Crippen LogP contribution in [0.4, 0.5) is 5.69 Å². The van der Waals surface area contributed by atoms with Crippen LogP contribution < -0.4 is 5.32 Å². The Labute approximate surface area is 116 Å². The first kappa shape index (κ1) is 14.2. The summed E-state index contributed by atoms with van der Waals surface area (Å²) in [7, 11) is 0. The number of nitrogens with one attached hydrogen (secondary N) is 1. The molecule has 2 rings (SSSR count). The van der Waals surface area contributed by atoms with Crippen molar-refractivity contribution in [3.8, 4) is 0 Å². The molecule has 0 saturated heterocycles. The van der Waals surface area contributed by atoms with Crippen molar-refractivity contribution in [3.63, 3.8) is 0 Å². The van der Waals surface area contributed by atoms with Gasteiger partial charge in [-0.3, -0.25) is 0 Å². The van der Waals surface area contributed by atoms with Gasteiger partial charge in [0.1, 0.15) is 0 Å². The molecule has 1 aromatic carbocycles. The van der Waals surface area contributed by atoms with E-state index in [-0.39, 0.29) is 18.2 Å². The standard InChI is InChI=1S/C14H17N3O3/c1-8(2)11(18)7-15-12-9-5-3-4-6-10(9)16-17-13(12)14(19)20/h3-6,8,11,18H,7H2,1-2H3,(H,15,16)(H,19,20). The van der Waals surface area contributed by atoms with E-state index in [1.165, 1.54) is 0 Å². The molecule has 1 aromatic heterocycles. The third-order valence-corrected chi connectivity index (χ3v) is 3.13. The summed E-state index contributed by atoms with van der Waals surface area (Å²) >= 11 is 0. The fourth-order valence-corrected chi connectivity index (χ4v) is 1.82. The van der Waals surface area contributed by atoms with Crippen LogP contribution in [0.25, 0.3) is 10.9 Å². The molecule has 3 N–H and O–H groups in total. The number of carbonyl (C=O) groups is 1. The summed E-state index contributed by atoms with van der Waals surface area (Å²) in [6.45, 7) is 4.05. The van der Waals surface area contributed by atoms with E-state index in [1.54, 1.807) is 18.2 Å². The van der Waals surface area contributed by atoms with Crippen molar-refractivity contribution in [1.29, 1.82) is 0 Å². The topological polar surface area (TPSA) is 95.3 Å². The van der Waals surface area contributed by atoms with Crippen molar-refractivity contribution < 1.29 is 15.0 Å². The van der Waals surface area contributed by atoms with Crippen molar-refractivity contribution >= 4 is 22.6 Å². The number of aliphatic hydroxyl groups is 1. The van der Waals surface area contributed by atoms with Crippen LogP contribution in [-0.2, 0) is 0 Å². The number of hydrogen-bond acceptors (Lipinski definition) is 5. The fourth-order valence-electron chi connectivity index (χ4n) is 1.82. The molecule has 0 spiro atoms. The Morgan fingerprint density at radius 3 is 2.65 bits per heavy atom. The van der Waals surface area contributed by atoms with E-state index in [0.717, 1.165) is 0 Å². The number of anilines is 1. The number of rotatable bonds is 5. The highest BCUT2D eigenvalue weighted by molar-refractivity contribution is 6.02. The van der Waals surface area contributed by atoms with E-state index in [4.69, 9.17) is 0 Å². The molecule has 1 atom stereocenters. The van der Waals surface area contributed by atoms with Gasteiger partial charge >= 0.3 is 5.97 Å². The van der Waals surface area contributed by atoms with Gasteiger partial charge in [-0.15, -0.1) is 10.2 Å². The van der Waals surface area contributed by atoms with E-state index >= 15 is 0 Å². The first-order valence-electron chi connectivity index (χ1n) is 6.41. The number of aliphatic hydroxyl groups excluding tert-OH is 1. The highest BCUT2D eigenvalue weighted by atomic mass is 16.4. The summed E-state index contributed by atoms with van der Waals surface area (Å²) in [6, 6.07) is 7.16. The van der Waals surface area contributed by atoms with Crippen LogP contribution >= 0.6 is 0 Å². The molecular weight excluding hydrogens is 258 g/mol. The van der Waals surface area contributed by atoms with Gasteiger partial charge in [-0.2, -0.15) is 0 Å². The second-order valence-corrected chi connectivity index (χ2v) is 4.94. The SMILES string of the molecule is CC(C)C(O)CNc1c(C(=O)O)nnc2ccccc12. The molecule has 2 aromatic rings. The van der Waals surface area contributed by atoms with Gasteiger partial charge in [-0.25, -0.2) is 4.79 Å². The van der Waals surface area contributed by atoms with Crippen LogP contribution in [0, 0.1) is 5.92 Å². The number of hydrogen-bond donors (Lipinski definition) is 3. The lowest BCUT2D eigenvalue weighted by Crippen LogP contribution is -2.26. The van der Waals surface area contributed by atoms with E-state index in [2.05, 4.69) is 15.5 Å². The Balaban J connectivity index is 2.42. The first-order chi connectivity index (χ1) is 9.50. The summed E-state index contributed by atoms with van der Waals surface area (Å²) in [6.07, 6.45) is -0.566. The highest BCUT2D eigenvalue weighted by Gasteiger charge is 2.18. The van der Waals surface area contributed by atoms with Gasteiger partial charge in [0.2, 0.25) is 0 Å². The molecule has 0 aliphatic carbocycles. The normalized spacial score (nSPS) is 12.6. The zero-order valence-corrected chi connectivity index (χ0v) is 11.4. The van der Waals surface area contributed by atoms with Crippen molar-refractivity contribution in [1.82, 2.24) is 10.2 Å². The molecule has 6 heteroatoms. The van der Waals surface area contributed by atoms with Gasteiger partial charge in [0, 0.05) is 11.9 Å². The van der Waals surface area contributed by atoms with Gasteiger partial charge < -0.3 is 15.5 Å². The third kappa shape index (κ3) is 2.85. The number of aromatic nitrogens is 2. The van der Waals surface area contributed by atoms with E-state index in [0.29, 0.717) is 16.6 Å². The minimum absolute atomic E-state index is 0.0804. The summed E-state index contributed by atoms with van der Waals surface area (Å²) in [4.78, 5) is 11.2. The number of benzene rings is 1. The largest absolute Gasteiger partial charge is 0.476 e. The number of aromatic carboxylic acids is 1. The third-order valence-electron chi connectivity index (χ3n) is 3.13. The summed E-state index contributed by atoms with van der Waals surface area (Å²) in [5, 5.41) is 30.3. The van der Waals surface area contributed by atoms with Gasteiger partial charge in [-0.1, -0.05) is 32.0 Å². The van der Waals surface area contributed by atoms with Crippen molar-refractivity contribution in [2.45, 2.75) is 20.0 Å². The fraction of sp³-hybridized carbons (Fsp3) is 0.357. The average Bonchev–Trinajstić information content (AvgIpc) is 2.43. The summed E-state index contributed by atoms with van der Waals surface area (Å²) < 4.78 is 0. The smallest absolute Gasteiger partial charge is 0.358 e. The second kappa shape index (κ2) is 5.83. The monoisotopic (exact) mass is 275 g/mol. The molecule has 0 radical (unpaired) electrons. The molecule has 1 unspecified atom stereocenters. The Morgan fingerprint density at radius 2 is 2.00 bits per heavy atom. The molecule has 0 saturated carbocycles. The van der Waals surface area contributed by atoms with Crippen molar-refractivity contribution in [2.75, 3.05) is 11.9 Å². The number of fused-ring (bicyclic) bond motifs is 1. The lowest BCUT2D eigenvalue weighted by Gasteiger charge is -2.17. The Kier molecular flexibility index (Phi) is 4.14. The zero-order chi connectivity index (χ0) is 14.7. The lowest BCUT2D eigenvalue weighted by atomic mass is 10.1. The Hall–Kier alpha value is -2.21. The van der Waals surface area contributed by atoms with Crippen molar-refractivity contribution in [2.24, 2.45) is 5.92 Å². The zero-order valence-electron chi connectivity index (χ0n) is 11.4. The summed E-state index contributed by atoms with van der Waals surface area (Å²) in [5.74, 6) is -1.07. The van der Waals surface area contributed by atoms with Crippen LogP contribution in [0.2, 0.25) is 0 Å². The number of carboxylic acids is 1. The number of carboxylic acid groups (broad SMARTS) is 1. The van der Waals surface area contributed by atoms with Crippen LogP contribution in [0.1, 0.15) is 24.3 Å². The van der Waals surface area contributed by atoms with Crippen LogP contribution in [0.3, 0.4) is 0 Å². The molecule has 0 amide bonds. The Morgan fingerprint density at radius 1 is 1.30 bits per heavy atom. The summed E-state index contributed by atoms with van der Waals surface area (Å²) in [5.41, 5.74) is 0.862. The molecular formula is C14H17N3O3. The van der Waals surface area contributed by atoms with Gasteiger partial charge in [0.05, 0.1) is 17.3 Å². The van der Waals surface area contributed by atoms with Crippen molar-refractivity contribution in [3.05, 3.63) is 30.0 Å². The molecule has 1 heterocycles. The molecule has 0 aliphatic heterocycles. The molecule has 6 nitrogen and oxygen atoms in total. The minimum Gasteiger partial charge on any atom is -0.476 e. The quantitative estimate of drug-likeness (QED) is 0.769. The van der Waals surface area contributed by atoms with Gasteiger partial charge in [-0.05, 0) is 12.0 Å². The first-order valence-corrected chi connectivity index (χ1v) is 6.41. The van der Waals surface area contributed by atoms with E-state index in [1.807, 2.05) is 19.9 Å². The molecule has 0 fully saturated rings. The van der Waals surface area contributed by atoms with Crippen LogP contribution in [-0.4, -0.2) is 39.0 Å². The van der Waals surface area contributed by atoms with Gasteiger partial charge in [0.25, 0.3) is 0 Å². The predicted molar refractivity (Wildman–Crippen MR) is 75.8 cm³/mol. The predicted octanol–water partition coefficient (Wildman–Crippen LogP) is 1.76. The Bertz CT molecular complexity index is 628. The maximum absolute atomic E-state index is 11.2. The highest BCUT2D eigenvalue weighted by Crippen LogP contribution is 2.24. The molecule has 0 aliphatic rings. The number of nitrogens with zero attached hydrogens (tertiary/aromatic N) is 2. The lowest BCUT2D eigenvalue weighted by molar-refractivity contribution is 0.0690. The maximum Gasteiger partial charge on any atom is 0.358 e. The maximum atomic E-state index is 11.2.